The van der Waals surface area contributed by atoms with Gasteiger partial charge in [-0.05, 0) is 18.6 Å². The van der Waals surface area contributed by atoms with Crippen molar-refractivity contribution in [1.82, 2.24) is 5.48 Å². The number of nitrogens with one attached hydrogen (secondary N) is 1. The highest BCUT2D eigenvalue weighted by atomic mass is 16.5. The quantitative estimate of drug-likeness (QED) is 0.236. The summed E-state index contributed by atoms with van der Waals surface area (Å²) >= 11 is 0. The molecule has 25 heavy (non-hydrogen) atoms. The number of carbonyl (C=O) groups excluding carboxylic acids is 1. The second kappa shape index (κ2) is 14.8. The topological polar surface area (TPSA) is 58.6 Å². The molecule has 0 heterocycles. The number of amides is 1. The van der Waals surface area contributed by atoms with E-state index in [-0.39, 0.29) is 0 Å². The van der Waals surface area contributed by atoms with Crippen LogP contribution in [0.15, 0.2) is 24.3 Å². The smallest absolute Gasteiger partial charge is 0.278 e. The molecule has 1 amide bonds. The van der Waals surface area contributed by atoms with Crippen molar-refractivity contribution in [2.45, 2.75) is 84.0 Å². The molecule has 4 nitrogen and oxygen atoms in total. The van der Waals surface area contributed by atoms with Crippen molar-refractivity contribution in [2.24, 2.45) is 0 Å². The van der Waals surface area contributed by atoms with Crippen LogP contribution in [0.4, 0.5) is 0 Å². The molecule has 2 N–H and O–H groups in total. The molecule has 0 spiro atoms. The molecule has 0 fully saturated rings. The lowest BCUT2D eigenvalue weighted by Gasteiger charge is -2.10. The van der Waals surface area contributed by atoms with Crippen molar-refractivity contribution >= 4 is 5.91 Å². The van der Waals surface area contributed by atoms with Crippen molar-refractivity contribution in [3.8, 4) is 5.75 Å². The lowest BCUT2D eigenvalue weighted by atomic mass is 10.1. The predicted molar refractivity (Wildman–Crippen MR) is 102 cm³/mol. The van der Waals surface area contributed by atoms with Gasteiger partial charge in [0.05, 0.1) is 12.2 Å². The third-order valence-electron chi connectivity index (χ3n) is 4.49. The van der Waals surface area contributed by atoms with Crippen LogP contribution in [-0.4, -0.2) is 17.7 Å². The number of carbonyl (C=O) groups is 1. The maximum absolute atomic E-state index is 11.5. The van der Waals surface area contributed by atoms with Crippen LogP contribution in [0.2, 0.25) is 0 Å². The van der Waals surface area contributed by atoms with Crippen LogP contribution >= 0.6 is 0 Å². The van der Waals surface area contributed by atoms with Gasteiger partial charge >= 0.3 is 0 Å². The first kappa shape index (κ1) is 21.5. The van der Waals surface area contributed by atoms with E-state index in [1.807, 2.05) is 6.07 Å². The van der Waals surface area contributed by atoms with E-state index in [0.717, 1.165) is 12.8 Å². The molecule has 0 bridgehead atoms. The van der Waals surface area contributed by atoms with Gasteiger partial charge in [0.2, 0.25) is 0 Å². The summed E-state index contributed by atoms with van der Waals surface area (Å²) in [6.45, 7) is 2.86. The van der Waals surface area contributed by atoms with Crippen molar-refractivity contribution in [3.63, 3.8) is 0 Å². The number of hydrogen-bond donors (Lipinski definition) is 2. The number of benzene rings is 1. The van der Waals surface area contributed by atoms with E-state index in [9.17, 15) is 4.79 Å². The molecule has 0 saturated carbocycles. The van der Waals surface area contributed by atoms with E-state index < -0.39 is 5.91 Å². The van der Waals surface area contributed by atoms with Crippen molar-refractivity contribution in [1.29, 1.82) is 0 Å². The standard InChI is InChI=1S/C21H35NO3/c1-2-3-4-5-6-7-8-9-10-11-12-15-18-25-20-17-14-13-16-19(20)21(23)22-24/h13-14,16-17,24H,2-12,15,18H2,1H3,(H,22,23). The Morgan fingerprint density at radius 1 is 0.880 bits per heavy atom. The molecule has 0 unspecified atom stereocenters. The van der Waals surface area contributed by atoms with E-state index in [0.29, 0.717) is 17.9 Å². The monoisotopic (exact) mass is 349 g/mol. The minimum Gasteiger partial charge on any atom is -0.493 e. The van der Waals surface area contributed by atoms with Gasteiger partial charge in [0.15, 0.2) is 0 Å². The van der Waals surface area contributed by atoms with Gasteiger partial charge in [0.25, 0.3) is 5.91 Å². The average molecular weight is 350 g/mol. The fourth-order valence-electron chi connectivity index (χ4n) is 2.97. The number of hydrogen-bond acceptors (Lipinski definition) is 3. The van der Waals surface area contributed by atoms with Crippen LogP contribution in [0.1, 0.15) is 94.3 Å². The summed E-state index contributed by atoms with van der Waals surface area (Å²) in [5.74, 6) is -0.0117. The number of hydroxylamine groups is 1. The largest absolute Gasteiger partial charge is 0.493 e. The molecular weight excluding hydrogens is 314 g/mol. The molecule has 0 atom stereocenters. The molecule has 1 aromatic carbocycles. The molecule has 0 radical (unpaired) electrons. The van der Waals surface area contributed by atoms with Crippen LogP contribution < -0.4 is 10.2 Å². The van der Waals surface area contributed by atoms with Crippen LogP contribution in [0.25, 0.3) is 0 Å². The highest BCUT2D eigenvalue weighted by Crippen LogP contribution is 2.18. The van der Waals surface area contributed by atoms with Crippen molar-refractivity contribution in [2.75, 3.05) is 6.61 Å². The molecular formula is C21H35NO3. The summed E-state index contributed by atoms with van der Waals surface area (Å²) in [5, 5.41) is 8.74. The Hall–Kier alpha value is -1.55. The summed E-state index contributed by atoms with van der Waals surface area (Å²) in [4.78, 5) is 11.5. The number of para-hydroxylation sites is 1. The van der Waals surface area contributed by atoms with Crippen LogP contribution in [0, 0.1) is 0 Å². The zero-order valence-corrected chi connectivity index (χ0v) is 15.8. The zero-order chi connectivity index (χ0) is 18.2. The van der Waals surface area contributed by atoms with Gasteiger partial charge in [-0.2, -0.15) is 0 Å². The Morgan fingerprint density at radius 2 is 1.40 bits per heavy atom. The van der Waals surface area contributed by atoms with Gasteiger partial charge in [-0.3, -0.25) is 10.0 Å². The Balaban J connectivity index is 1.98. The number of rotatable bonds is 15. The normalized spacial score (nSPS) is 10.6. The maximum atomic E-state index is 11.5. The number of unbranched alkanes of at least 4 members (excludes halogenated alkanes) is 11. The first-order chi connectivity index (χ1) is 12.3. The predicted octanol–water partition coefficient (Wildman–Crippen LogP) is 5.89. The third-order valence-corrected chi connectivity index (χ3v) is 4.49. The van der Waals surface area contributed by atoms with E-state index in [1.54, 1.807) is 23.7 Å². The summed E-state index contributed by atoms with van der Waals surface area (Å²) in [6, 6.07) is 6.97. The van der Waals surface area contributed by atoms with Gasteiger partial charge in [0, 0.05) is 0 Å². The zero-order valence-electron chi connectivity index (χ0n) is 15.8. The van der Waals surface area contributed by atoms with Gasteiger partial charge in [-0.1, -0.05) is 89.7 Å². The minimum atomic E-state index is -0.537. The molecule has 0 aliphatic carbocycles. The summed E-state index contributed by atoms with van der Waals surface area (Å²) < 4.78 is 5.68. The summed E-state index contributed by atoms with van der Waals surface area (Å²) in [6.07, 6.45) is 15.7. The van der Waals surface area contributed by atoms with Gasteiger partial charge < -0.3 is 4.74 Å². The lowest BCUT2D eigenvalue weighted by Crippen LogP contribution is -2.19. The van der Waals surface area contributed by atoms with Gasteiger partial charge in [0.1, 0.15) is 5.75 Å². The highest BCUT2D eigenvalue weighted by Gasteiger charge is 2.10. The summed E-state index contributed by atoms with van der Waals surface area (Å²) in [5.41, 5.74) is 2.02. The molecule has 1 aromatic rings. The van der Waals surface area contributed by atoms with Crippen LogP contribution in [-0.2, 0) is 0 Å². The highest BCUT2D eigenvalue weighted by molar-refractivity contribution is 5.96. The SMILES string of the molecule is CCCCCCCCCCCCCCOc1ccccc1C(=O)NO. The summed E-state index contributed by atoms with van der Waals surface area (Å²) in [7, 11) is 0. The molecule has 4 heteroatoms. The van der Waals surface area contributed by atoms with Crippen LogP contribution in [0.5, 0.6) is 5.75 Å². The Morgan fingerprint density at radius 3 is 1.96 bits per heavy atom. The fraction of sp³-hybridized carbons (Fsp3) is 0.667. The van der Waals surface area contributed by atoms with Gasteiger partial charge in [-0.25, -0.2) is 5.48 Å². The Bertz CT molecular complexity index is 462. The average Bonchev–Trinajstić information content (AvgIpc) is 2.65. The lowest BCUT2D eigenvalue weighted by molar-refractivity contribution is 0.0702. The molecule has 0 saturated heterocycles. The van der Waals surface area contributed by atoms with Crippen LogP contribution in [0.3, 0.4) is 0 Å². The first-order valence-electron chi connectivity index (χ1n) is 9.95. The van der Waals surface area contributed by atoms with E-state index in [4.69, 9.17) is 9.94 Å². The first-order valence-corrected chi connectivity index (χ1v) is 9.95. The molecule has 0 aromatic heterocycles. The van der Waals surface area contributed by atoms with E-state index >= 15 is 0 Å². The van der Waals surface area contributed by atoms with Crippen molar-refractivity contribution < 1.29 is 14.7 Å². The van der Waals surface area contributed by atoms with E-state index in [2.05, 4.69) is 6.92 Å². The second-order valence-corrected chi connectivity index (χ2v) is 6.67. The number of ether oxygens (including phenoxy) is 1. The third kappa shape index (κ3) is 10.1. The molecule has 0 aliphatic heterocycles. The second-order valence-electron chi connectivity index (χ2n) is 6.67. The molecule has 1 rings (SSSR count). The van der Waals surface area contributed by atoms with E-state index in [1.165, 1.54) is 64.2 Å². The van der Waals surface area contributed by atoms with Gasteiger partial charge in [-0.15, -0.1) is 0 Å². The molecule has 0 aliphatic rings. The minimum absolute atomic E-state index is 0.365. The Labute approximate surface area is 152 Å². The maximum Gasteiger partial charge on any atom is 0.278 e. The fourth-order valence-corrected chi connectivity index (χ4v) is 2.97. The Kier molecular flexibility index (Phi) is 12.7. The molecule has 142 valence electrons. The van der Waals surface area contributed by atoms with Crippen molar-refractivity contribution in [3.05, 3.63) is 29.8 Å².